The van der Waals surface area contributed by atoms with E-state index in [4.69, 9.17) is 4.74 Å². The summed E-state index contributed by atoms with van der Waals surface area (Å²) in [6.45, 7) is 6.19. The lowest BCUT2D eigenvalue weighted by molar-refractivity contribution is 0.211. The first-order valence-corrected chi connectivity index (χ1v) is 10.2. The molecule has 4 nitrogen and oxygen atoms in total. The topological polar surface area (TPSA) is 39.9 Å². The predicted molar refractivity (Wildman–Crippen MR) is 110 cm³/mol. The minimum absolute atomic E-state index is 0.170. The van der Waals surface area contributed by atoms with Gasteiger partial charge in [0.2, 0.25) is 0 Å². The van der Waals surface area contributed by atoms with Crippen LogP contribution in [0, 0.1) is 13.8 Å². The van der Waals surface area contributed by atoms with Crippen LogP contribution in [-0.4, -0.2) is 14.8 Å². The summed E-state index contributed by atoms with van der Waals surface area (Å²) in [4.78, 5) is 0. The van der Waals surface area contributed by atoms with Crippen molar-refractivity contribution in [3.8, 4) is 5.75 Å². The van der Waals surface area contributed by atoms with Gasteiger partial charge in [0.05, 0.1) is 0 Å². The molecule has 1 atom stereocenters. The van der Waals surface area contributed by atoms with E-state index < -0.39 is 0 Å². The van der Waals surface area contributed by atoms with E-state index in [1.807, 2.05) is 24.6 Å². The van der Waals surface area contributed by atoms with E-state index in [0.29, 0.717) is 0 Å². The molecule has 1 heterocycles. The Kier molecular flexibility index (Phi) is 6.04. The number of benzene rings is 2. The zero-order valence-electron chi connectivity index (χ0n) is 15.4. The minimum atomic E-state index is -0.170. The fourth-order valence-corrected chi connectivity index (χ4v) is 3.72. The number of hydrogen-bond acceptors (Lipinski definition) is 4. The Balaban J connectivity index is 1.67. The number of aryl methyl sites for hydroxylation is 2. The van der Waals surface area contributed by atoms with Crippen molar-refractivity contribution >= 4 is 27.7 Å². The highest BCUT2D eigenvalue weighted by atomic mass is 79.9. The molecule has 0 bridgehead atoms. The van der Waals surface area contributed by atoms with Gasteiger partial charge in [0, 0.05) is 17.3 Å². The third-order valence-electron chi connectivity index (χ3n) is 4.30. The Bertz CT molecular complexity index is 893. The second-order valence-electron chi connectivity index (χ2n) is 6.32. The third-order valence-corrected chi connectivity index (χ3v) is 5.92. The van der Waals surface area contributed by atoms with Crippen LogP contribution in [0.2, 0.25) is 0 Å². The predicted octanol–water partition coefficient (Wildman–Crippen LogP) is 5.63. The SMILES string of the molecule is Cc1ccc(OC(C)c2nnc(SCc3ccc(Br)cc3)n2C)cc1C. The molecule has 0 aliphatic rings. The number of aromatic nitrogens is 3. The number of halogens is 1. The molecule has 136 valence electrons. The van der Waals surface area contributed by atoms with Gasteiger partial charge in [0.25, 0.3) is 0 Å². The van der Waals surface area contributed by atoms with Crippen LogP contribution in [0.25, 0.3) is 0 Å². The van der Waals surface area contributed by atoms with E-state index in [2.05, 4.69) is 76.4 Å². The van der Waals surface area contributed by atoms with Crippen LogP contribution in [0.15, 0.2) is 52.1 Å². The minimum Gasteiger partial charge on any atom is -0.483 e. The molecule has 0 saturated carbocycles. The molecular weight excluding hydrogens is 410 g/mol. The van der Waals surface area contributed by atoms with Gasteiger partial charge in [0.1, 0.15) is 5.75 Å². The molecule has 26 heavy (non-hydrogen) atoms. The highest BCUT2D eigenvalue weighted by Crippen LogP contribution is 2.26. The average Bonchev–Trinajstić information content (AvgIpc) is 2.98. The summed E-state index contributed by atoms with van der Waals surface area (Å²) < 4.78 is 9.17. The Morgan fingerprint density at radius 3 is 2.50 bits per heavy atom. The summed E-state index contributed by atoms with van der Waals surface area (Å²) in [7, 11) is 1.99. The quantitative estimate of drug-likeness (QED) is 0.474. The molecule has 3 aromatic rings. The maximum absolute atomic E-state index is 6.07. The van der Waals surface area contributed by atoms with Gasteiger partial charge >= 0.3 is 0 Å². The average molecular weight is 432 g/mol. The molecule has 0 N–H and O–H groups in total. The summed E-state index contributed by atoms with van der Waals surface area (Å²) in [5.41, 5.74) is 3.73. The number of thioether (sulfide) groups is 1. The molecule has 1 aromatic heterocycles. The Labute approximate surface area is 167 Å². The third kappa shape index (κ3) is 4.48. The van der Waals surface area contributed by atoms with Gasteiger partial charge in [-0.15, -0.1) is 10.2 Å². The molecule has 0 aliphatic carbocycles. The molecule has 6 heteroatoms. The lowest BCUT2D eigenvalue weighted by Crippen LogP contribution is -2.10. The lowest BCUT2D eigenvalue weighted by atomic mass is 10.1. The van der Waals surface area contributed by atoms with E-state index in [1.165, 1.54) is 16.7 Å². The van der Waals surface area contributed by atoms with Crippen molar-refractivity contribution in [2.45, 2.75) is 37.8 Å². The van der Waals surface area contributed by atoms with Crippen molar-refractivity contribution in [3.63, 3.8) is 0 Å². The highest BCUT2D eigenvalue weighted by Gasteiger charge is 2.17. The van der Waals surface area contributed by atoms with Crippen LogP contribution in [0.1, 0.15) is 35.5 Å². The maximum atomic E-state index is 6.07. The van der Waals surface area contributed by atoms with Crippen LogP contribution in [-0.2, 0) is 12.8 Å². The van der Waals surface area contributed by atoms with E-state index in [1.54, 1.807) is 11.8 Å². The first-order valence-electron chi connectivity index (χ1n) is 8.44. The monoisotopic (exact) mass is 431 g/mol. The Morgan fingerprint density at radius 2 is 1.81 bits per heavy atom. The molecule has 0 fully saturated rings. The number of rotatable bonds is 6. The van der Waals surface area contributed by atoms with Gasteiger partial charge in [-0.25, -0.2) is 0 Å². The van der Waals surface area contributed by atoms with Gasteiger partial charge in [-0.1, -0.05) is 45.9 Å². The summed E-state index contributed by atoms with van der Waals surface area (Å²) in [6, 6.07) is 14.5. The van der Waals surface area contributed by atoms with Gasteiger partial charge in [-0.2, -0.15) is 0 Å². The van der Waals surface area contributed by atoms with Gasteiger partial charge < -0.3 is 9.30 Å². The zero-order chi connectivity index (χ0) is 18.7. The molecule has 3 rings (SSSR count). The van der Waals surface area contributed by atoms with E-state index >= 15 is 0 Å². The molecule has 0 spiro atoms. The van der Waals surface area contributed by atoms with Crippen molar-refractivity contribution in [2.75, 3.05) is 0 Å². The van der Waals surface area contributed by atoms with Crippen LogP contribution in [0.5, 0.6) is 5.75 Å². The summed E-state index contributed by atoms with van der Waals surface area (Å²) in [6.07, 6.45) is -0.170. The Hall–Kier alpha value is -1.79. The molecule has 2 aromatic carbocycles. The number of hydrogen-bond donors (Lipinski definition) is 0. The maximum Gasteiger partial charge on any atom is 0.191 e. The second kappa shape index (κ2) is 8.27. The van der Waals surface area contributed by atoms with Crippen LogP contribution >= 0.6 is 27.7 Å². The van der Waals surface area contributed by atoms with Crippen LogP contribution in [0.4, 0.5) is 0 Å². The molecule has 0 amide bonds. The van der Waals surface area contributed by atoms with Crippen molar-refractivity contribution in [2.24, 2.45) is 7.05 Å². The first kappa shape index (κ1) is 19.0. The number of nitrogens with zero attached hydrogens (tertiary/aromatic N) is 3. The van der Waals surface area contributed by atoms with Gasteiger partial charge in [-0.05, 0) is 61.7 Å². The fourth-order valence-electron chi connectivity index (χ4n) is 2.58. The van der Waals surface area contributed by atoms with Crippen molar-refractivity contribution in [1.82, 2.24) is 14.8 Å². The summed E-state index contributed by atoms with van der Waals surface area (Å²) in [5.74, 6) is 2.53. The largest absolute Gasteiger partial charge is 0.483 e. The molecule has 0 radical (unpaired) electrons. The normalized spacial score (nSPS) is 12.2. The van der Waals surface area contributed by atoms with Crippen molar-refractivity contribution < 1.29 is 4.74 Å². The summed E-state index contributed by atoms with van der Waals surface area (Å²) >= 11 is 5.13. The Morgan fingerprint density at radius 1 is 1.08 bits per heavy atom. The van der Waals surface area contributed by atoms with Crippen molar-refractivity contribution in [1.29, 1.82) is 0 Å². The summed E-state index contributed by atoms with van der Waals surface area (Å²) in [5, 5.41) is 9.55. The fraction of sp³-hybridized carbons (Fsp3) is 0.300. The molecule has 0 aliphatic heterocycles. The van der Waals surface area contributed by atoms with E-state index in [0.717, 1.165) is 27.0 Å². The van der Waals surface area contributed by atoms with Crippen LogP contribution in [0.3, 0.4) is 0 Å². The molecule has 0 saturated heterocycles. The number of ether oxygens (including phenoxy) is 1. The standard InChI is InChI=1S/C20H22BrN3OS/c1-13-5-10-18(11-14(13)2)25-15(3)19-22-23-20(24(19)4)26-12-16-6-8-17(21)9-7-16/h5-11,15H,12H2,1-4H3. The lowest BCUT2D eigenvalue weighted by Gasteiger charge is -2.15. The van der Waals surface area contributed by atoms with Crippen LogP contribution < -0.4 is 4.74 Å². The molecular formula is C20H22BrN3OS. The van der Waals surface area contributed by atoms with Gasteiger partial charge in [-0.3, -0.25) is 0 Å². The smallest absolute Gasteiger partial charge is 0.191 e. The first-order chi connectivity index (χ1) is 12.4. The zero-order valence-corrected chi connectivity index (χ0v) is 17.8. The second-order valence-corrected chi connectivity index (χ2v) is 8.18. The van der Waals surface area contributed by atoms with Gasteiger partial charge in [0.15, 0.2) is 17.1 Å². The van der Waals surface area contributed by atoms with Crippen molar-refractivity contribution in [3.05, 3.63) is 69.5 Å². The van der Waals surface area contributed by atoms with E-state index in [9.17, 15) is 0 Å². The molecule has 1 unspecified atom stereocenters. The van der Waals surface area contributed by atoms with E-state index in [-0.39, 0.29) is 6.10 Å². The highest BCUT2D eigenvalue weighted by molar-refractivity contribution is 9.10.